The Morgan fingerprint density at radius 1 is 1.28 bits per heavy atom. The molecule has 6 heteroatoms. The quantitative estimate of drug-likeness (QED) is 0.748. The van der Waals surface area contributed by atoms with Crippen LogP contribution in [0.1, 0.15) is 5.56 Å². The molecule has 0 aromatic heterocycles. The van der Waals surface area contributed by atoms with E-state index in [0.717, 1.165) is 5.56 Å². The van der Waals surface area contributed by atoms with Crippen molar-refractivity contribution in [1.82, 2.24) is 5.32 Å². The van der Waals surface area contributed by atoms with Crippen molar-refractivity contribution < 1.29 is 13.9 Å². The maximum absolute atomic E-state index is 12.1. The number of hydrogen-bond donors (Lipinski definition) is 1. The third kappa shape index (κ3) is 4.98. The molecule has 0 saturated heterocycles. The summed E-state index contributed by atoms with van der Waals surface area (Å²) >= 11 is 12.0. The Hall–Kier alpha value is -0.550. The monoisotopic (exact) mass is 295 g/mol. The molecule has 0 amide bonds. The molecule has 0 saturated carbocycles. The molecule has 0 unspecified atom stereocenters. The third-order valence-electron chi connectivity index (χ3n) is 2.21. The summed E-state index contributed by atoms with van der Waals surface area (Å²) in [5.41, 5.74) is 0.803. The lowest BCUT2D eigenvalue weighted by atomic mass is 10.2. The Morgan fingerprint density at radius 2 is 2.06 bits per heavy atom. The number of alkyl halides is 1. The van der Waals surface area contributed by atoms with Crippen molar-refractivity contribution in [2.75, 3.05) is 33.5 Å². The summed E-state index contributed by atoms with van der Waals surface area (Å²) in [6, 6.07) is 3.33. The zero-order valence-electron chi connectivity index (χ0n) is 10.1. The Morgan fingerprint density at radius 3 is 2.72 bits per heavy atom. The third-order valence-corrected chi connectivity index (χ3v) is 2.71. The van der Waals surface area contributed by atoms with Crippen LogP contribution in [0.5, 0.6) is 5.75 Å². The molecule has 18 heavy (non-hydrogen) atoms. The van der Waals surface area contributed by atoms with Crippen LogP contribution in [-0.2, 0) is 11.3 Å². The summed E-state index contributed by atoms with van der Waals surface area (Å²) in [7, 11) is 1.63. The molecule has 0 atom stereocenters. The van der Waals surface area contributed by atoms with Gasteiger partial charge in [-0.05, 0) is 12.1 Å². The van der Waals surface area contributed by atoms with Gasteiger partial charge in [0.15, 0.2) is 0 Å². The Balaban J connectivity index is 2.72. The minimum atomic E-state index is -0.560. The van der Waals surface area contributed by atoms with Crippen molar-refractivity contribution >= 4 is 23.2 Å². The van der Waals surface area contributed by atoms with E-state index >= 15 is 0 Å². The van der Waals surface area contributed by atoms with Crippen LogP contribution in [0, 0.1) is 0 Å². The van der Waals surface area contributed by atoms with Crippen LogP contribution in [0.2, 0.25) is 10.0 Å². The van der Waals surface area contributed by atoms with Gasteiger partial charge in [-0.15, -0.1) is 0 Å². The van der Waals surface area contributed by atoms with Crippen LogP contribution in [0.15, 0.2) is 12.1 Å². The second-order valence-electron chi connectivity index (χ2n) is 3.58. The van der Waals surface area contributed by atoms with Gasteiger partial charge in [-0.2, -0.15) is 0 Å². The summed E-state index contributed by atoms with van der Waals surface area (Å²) < 4.78 is 22.4. The average molecular weight is 296 g/mol. The fraction of sp³-hybridized carbons (Fsp3) is 0.500. The van der Waals surface area contributed by atoms with Crippen LogP contribution in [-0.4, -0.2) is 33.5 Å². The van der Waals surface area contributed by atoms with Crippen molar-refractivity contribution in [3.8, 4) is 5.75 Å². The molecular weight excluding hydrogens is 280 g/mol. The van der Waals surface area contributed by atoms with Crippen molar-refractivity contribution in [2.45, 2.75) is 6.54 Å². The molecule has 102 valence electrons. The van der Waals surface area contributed by atoms with Gasteiger partial charge in [-0.25, -0.2) is 4.39 Å². The average Bonchev–Trinajstić information content (AvgIpc) is 2.33. The first-order valence-electron chi connectivity index (χ1n) is 5.55. The van der Waals surface area contributed by atoms with Crippen molar-refractivity contribution in [2.24, 2.45) is 0 Å². The first-order chi connectivity index (χ1) is 8.69. The van der Waals surface area contributed by atoms with Crippen molar-refractivity contribution in [3.05, 3.63) is 27.7 Å². The van der Waals surface area contributed by atoms with E-state index < -0.39 is 6.67 Å². The maximum Gasteiger partial charge on any atom is 0.142 e. The fourth-order valence-electron chi connectivity index (χ4n) is 1.44. The summed E-state index contributed by atoms with van der Waals surface area (Å²) in [6.07, 6.45) is 0. The predicted octanol–water partition coefficient (Wildman–Crippen LogP) is 3.08. The molecule has 0 aliphatic heterocycles. The Labute approximate surface area is 116 Å². The second-order valence-corrected chi connectivity index (χ2v) is 4.43. The number of methoxy groups -OCH3 is 1. The molecular formula is C12H16Cl2FNO2. The SMILES string of the molecule is COCCNCc1cc(Cl)cc(Cl)c1OCCF. The van der Waals surface area contributed by atoms with Crippen LogP contribution >= 0.6 is 23.2 Å². The molecule has 0 fully saturated rings. The first kappa shape index (κ1) is 15.5. The van der Waals surface area contributed by atoms with Gasteiger partial charge in [0.2, 0.25) is 0 Å². The maximum atomic E-state index is 12.1. The highest BCUT2D eigenvalue weighted by atomic mass is 35.5. The van der Waals surface area contributed by atoms with Gasteiger partial charge in [0.05, 0.1) is 11.6 Å². The molecule has 1 N–H and O–H groups in total. The van der Waals surface area contributed by atoms with E-state index in [-0.39, 0.29) is 6.61 Å². The largest absolute Gasteiger partial charge is 0.489 e. The van der Waals surface area contributed by atoms with Crippen LogP contribution < -0.4 is 10.1 Å². The van der Waals surface area contributed by atoms with E-state index in [0.29, 0.717) is 35.5 Å². The topological polar surface area (TPSA) is 30.5 Å². The smallest absolute Gasteiger partial charge is 0.142 e. The van der Waals surface area contributed by atoms with E-state index in [2.05, 4.69) is 5.32 Å². The van der Waals surface area contributed by atoms with Gasteiger partial charge >= 0.3 is 0 Å². The first-order valence-corrected chi connectivity index (χ1v) is 6.31. The molecule has 0 aliphatic rings. The lowest BCUT2D eigenvalue weighted by Crippen LogP contribution is -2.19. The minimum Gasteiger partial charge on any atom is -0.489 e. The summed E-state index contributed by atoms with van der Waals surface area (Å²) in [6.45, 7) is 1.26. The predicted molar refractivity (Wildman–Crippen MR) is 71.5 cm³/mol. The number of hydrogen-bond acceptors (Lipinski definition) is 3. The van der Waals surface area contributed by atoms with Crippen LogP contribution in [0.3, 0.4) is 0 Å². The fourth-order valence-corrected chi connectivity index (χ4v) is 2.03. The molecule has 0 aliphatic carbocycles. The van der Waals surface area contributed by atoms with Crippen molar-refractivity contribution in [3.63, 3.8) is 0 Å². The molecule has 1 aromatic carbocycles. The van der Waals surface area contributed by atoms with E-state index in [4.69, 9.17) is 32.7 Å². The van der Waals surface area contributed by atoms with Gasteiger partial charge in [-0.1, -0.05) is 23.2 Å². The molecule has 0 radical (unpaired) electrons. The Bertz CT molecular complexity index is 377. The van der Waals surface area contributed by atoms with Gasteiger partial charge in [0, 0.05) is 30.8 Å². The summed E-state index contributed by atoms with van der Waals surface area (Å²) in [4.78, 5) is 0. The van der Waals surface area contributed by atoms with Gasteiger partial charge in [0.25, 0.3) is 0 Å². The lowest BCUT2D eigenvalue weighted by molar-refractivity contribution is 0.199. The molecule has 1 rings (SSSR count). The molecule has 1 aromatic rings. The number of halogens is 3. The standard InChI is InChI=1S/C12H16Cl2FNO2/c1-17-5-3-16-8-9-6-10(13)7-11(14)12(9)18-4-2-15/h6-7,16H,2-5,8H2,1H3. The van der Waals surface area contributed by atoms with Crippen LogP contribution in [0.25, 0.3) is 0 Å². The molecule has 3 nitrogen and oxygen atoms in total. The van der Waals surface area contributed by atoms with Gasteiger partial charge in [0.1, 0.15) is 19.0 Å². The van der Waals surface area contributed by atoms with Crippen molar-refractivity contribution in [1.29, 1.82) is 0 Å². The highest BCUT2D eigenvalue weighted by molar-refractivity contribution is 6.35. The highest BCUT2D eigenvalue weighted by Crippen LogP contribution is 2.32. The number of ether oxygens (including phenoxy) is 2. The normalized spacial score (nSPS) is 10.7. The minimum absolute atomic E-state index is 0.0214. The Kier molecular flexibility index (Phi) is 7.35. The van der Waals surface area contributed by atoms with E-state index in [9.17, 15) is 4.39 Å². The molecule has 0 heterocycles. The number of nitrogens with one attached hydrogen (secondary N) is 1. The zero-order chi connectivity index (χ0) is 13.4. The molecule has 0 spiro atoms. The second kappa shape index (κ2) is 8.53. The highest BCUT2D eigenvalue weighted by Gasteiger charge is 2.10. The summed E-state index contributed by atoms with van der Waals surface area (Å²) in [5.74, 6) is 0.476. The van der Waals surface area contributed by atoms with E-state index in [1.54, 1.807) is 19.2 Å². The van der Waals surface area contributed by atoms with Gasteiger partial charge in [-0.3, -0.25) is 0 Å². The number of rotatable bonds is 8. The van der Waals surface area contributed by atoms with Gasteiger partial charge < -0.3 is 14.8 Å². The lowest BCUT2D eigenvalue weighted by Gasteiger charge is -2.13. The van der Waals surface area contributed by atoms with E-state index in [1.165, 1.54) is 0 Å². The zero-order valence-corrected chi connectivity index (χ0v) is 11.7. The number of benzene rings is 1. The van der Waals surface area contributed by atoms with E-state index in [1.807, 2.05) is 0 Å². The molecule has 0 bridgehead atoms. The summed E-state index contributed by atoms with van der Waals surface area (Å²) in [5, 5.41) is 4.07. The van der Waals surface area contributed by atoms with Crippen LogP contribution in [0.4, 0.5) is 4.39 Å².